The molecule has 0 atom stereocenters. The van der Waals surface area contributed by atoms with Crippen LogP contribution in [0.4, 0.5) is 17.5 Å². The van der Waals surface area contributed by atoms with E-state index in [1.807, 2.05) is 85.8 Å². The molecule has 6 nitrogen and oxygen atoms in total. The molecule has 0 spiro atoms. The van der Waals surface area contributed by atoms with Gasteiger partial charge in [0.05, 0.1) is 0 Å². The minimum atomic E-state index is 0.492. The van der Waals surface area contributed by atoms with E-state index in [0.717, 1.165) is 60.5 Å². The lowest BCUT2D eigenvalue weighted by Crippen LogP contribution is -1.99. The number of aromatic nitrogens is 2. The number of fused-ring (bicyclic) bond motifs is 2. The van der Waals surface area contributed by atoms with Crippen molar-refractivity contribution in [1.82, 2.24) is 9.97 Å². The first-order chi connectivity index (χ1) is 20.4. The highest BCUT2D eigenvalue weighted by atomic mass is 32.1. The van der Waals surface area contributed by atoms with Crippen LogP contribution in [0.15, 0.2) is 113 Å². The van der Waals surface area contributed by atoms with Gasteiger partial charge in [-0.2, -0.15) is 4.98 Å². The number of nitrogens with one attached hydrogen (secondary N) is 1. The van der Waals surface area contributed by atoms with E-state index < -0.39 is 0 Å². The fourth-order valence-corrected chi connectivity index (χ4v) is 5.64. The summed E-state index contributed by atoms with van der Waals surface area (Å²) in [5.41, 5.74) is 13.9. The third-order valence-electron chi connectivity index (χ3n) is 6.64. The summed E-state index contributed by atoms with van der Waals surface area (Å²) in [5.74, 6) is 2.19. The number of hydrogen-bond donors (Lipinski definition) is 2. The highest BCUT2D eigenvalue weighted by molar-refractivity contribution is 7.17. The zero-order chi connectivity index (χ0) is 29.1. The number of nitrogens with zero attached hydrogens (tertiary/aromatic N) is 2. The van der Waals surface area contributed by atoms with Gasteiger partial charge in [-0.25, -0.2) is 4.98 Å². The van der Waals surface area contributed by atoms with Crippen molar-refractivity contribution >= 4 is 63.4 Å². The van der Waals surface area contributed by atoms with Crippen LogP contribution in [0.5, 0.6) is 11.5 Å². The van der Waals surface area contributed by atoms with Gasteiger partial charge < -0.3 is 20.2 Å². The maximum atomic E-state index is 6.09. The molecule has 204 valence electrons. The number of para-hydroxylation sites is 1. The second-order valence-corrected chi connectivity index (χ2v) is 10.8. The predicted octanol–water partition coefficient (Wildman–Crippen LogP) is 8.32. The molecule has 3 heterocycles. The maximum absolute atomic E-state index is 6.09. The average molecular weight is 566 g/mol. The smallest absolute Gasteiger partial charge is 0.300 e. The number of nitrogen functional groups attached to an aromatic ring is 1. The molecule has 0 bridgehead atoms. The lowest BCUT2D eigenvalue weighted by molar-refractivity contribution is 0.483. The Kier molecular flexibility index (Phi) is 7.62. The summed E-state index contributed by atoms with van der Waals surface area (Å²) in [6.07, 6.45) is 1.74. The Labute approximate surface area is 249 Å². The zero-order valence-electron chi connectivity index (χ0n) is 23.2. The second kappa shape index (κ2) is 11.8. The Bertz CT molecular complexity index is 1970. The van der Waals surface area contributed by atoms with Crippen LogP contribution in [-0.4, -0.2) is 17.8 Å². The number of nitrogens with two attached hydrogens (primary N) is 1. The van der Waals surface area contributed by atoms with Gasteiger partial charge in [0.1, 0.15) is 30.7 Å². The second-order valence-electron chi connectivity index (χ2n) is 9.85. The quantitative estimate of drug-likeness (QED) is 0.204. The lowest BCUT2D eigenvalue weighted by Gasteiger charge is -2.05. The summed E-state index contributed by atoms with van der Waals surface area (Å²) in [6.45, 7) is 4.09. The first-order valence-corrected chi connectivity index (χ1v) is 14.3. The molecule has 2 radical (unpaired) electrons. The Morgan fingerprint density at radius 2 is 1.62 bits per heavy atom. The van der Waals surface area contributed by atoms with Crippen molar-refractivity contribution in [3.8, 4) is 22.6 Å². The van der Waals surface area contributed by atoms with Gasteiger partial charge >= 0.3 is 0 Å². The molecule has 8 heteroatoms. The average Bonchev–Trinajstić information content (AvgIpc) is 3.61. The topological polar surface area (TPSA) is 86.2 Å². The summed E-state index contributed by atoms with van der Waals surface area (Å²) >= 11 is 1.67. The molecule has 7 aromatic rings. The number of thiophene rings is 1. The molecule has 3 aromatic heterocycles. The molecule has 0 aliphatic heterocycles. The van der Waals surface area contributed by atoms with Crippen molar-refractivity contribution in [2.24, 2.45) is 0 Å². The van der Waals surface area contributed by atoms with Crippen molar-refractivity contribution in [3.05, 3.63) is 120 Å². The van der Waals surface area contributed by atoms with Gasteiger partial charge in [-0.05, 0) is 84.4 Å². The van der Waals surface area contributed by atoms with E-state index in [9.17, 15) is 0 Å². The van der Waals surface area contributed by atoms with Crippen LogP contribution in [0, 0.1) is 13.8 Å². The van der Waals surface area contributed by atoms with E-state index in [1.165, 1.54) is 5.56 Å². The monoisotopic (exact) mass is 566 g/mol. The van der Waals surface area contributed by atoms with Gasteiger partial charge in [0.2, 0.25) is 0 Å². The predicted molar refractivity (Wildman–Crippen MR) is 175 cm³/mol. The van der Waals surface area contributed by atoms with Gasteiger partial charge in [0.25, 0.3) is 6.01 Å². The molecule has 3 N–H and O–H groups in total. The number of ether oxygens (including phenoxy) is 1. The number of oxazole rings is 1. The van der Waals surface area contributed by atoms with Crippen LogP contribution in [-0.2, 0) is 0 Å². The Balaban J connectivity index is 0.000000189. The highest BCUT2D eigenvalue weighted by Gasteiger charge is 2.12. The number of anilines is 3. The SMILES string of the molecule is Cc1cc(C)c2oc(Nc3ccc(-c4csc5ccnc(N)c45)cc3)nc2c1.[B]c1ccc(Oc2ccccc2)cc1. The van der Waals surface area contributed by atoms with Crippen LogP contribution >= 0.6 is 11.3 Å². The molecule has 0 saturated heterocycles. The number of aryl methyl sites for hydroxylation is 2. The number of pyridine rings is 1. The fraction of sp³-hybridized carbons (Fsp3) is 0.0588. The number of hydrogen-bond acceptors (Lipinski definition) is 7. The summed E-state index contributed by atoms with van der Waals surface area (Å²) in [7, 11) is 5.56. The molecule has 7 rings (SSSR count). The standard InChI is InChI=1S/C22H18N4OS.C12H9BO/c1-12-9-13(2)20-17(10-12)26-22(27-20)25-15-5-3-14(4-6-15)16-11-28-18-7-8-24-21(23)19(16)18;13-10-6-8-12(9-7-10)14-11-4-2-1-3-5-11/h3-11H,1-2H3,(H2,23,24)(H,25,26);1-9H. The lowest BCUT2D eigenvalue weighted by atomic mass is 9.97. The Morgan fingerprint density at radius 1 is 0.881 bits per heavy atom. The van der Waals surface area contributed by atoms with Gasteiger partial charge in [-0.3, -0.25) is 0 Å². The Morgan fingerprint density at radius 3 is 2.38 bits per heavy atom. The van der Waals surface area contributed by atoms with Crippen molar-refractivity contribution < 1.29 is 9.15 Å². The molecular weight excluding hydrogens is 539 g/mol. The summed E-state index contributed by atoms with van der Waals surface area (Å²) in [5, 5.41) is 6.38. The third-order valence-corrected chi connectivity index (χ3v) is 7.59. The number of rotatable bonds is 5. The van der Waals surface area contributed by atoms with E-state index >= 15 is 0 Å². The molecule has 0 unspecified atom stereocenters. The maximum Gasteiger partial charge on any atom is 0.300 e. The molecule has 0 fully saturated rings. The Hall–Kier alpha value is -5.08. The van der Waals surface area contributed by atoms with Gasteiger partial charge in [0.15, 0.2) is 5.58 Å². The molecule has 0 aliphatic carbocycles. The summed E-state index contributed by atoms with van der Waals surface area (Å²) < 4.78 is 12.6. The van der Waals surface area contributed by atoms with Gasteiger partial charge in [0, 0.05) is 27.5 Å². The van der Waals surface area contributed by atoms with Crippen molar-refractivity contribution in [3.63, 3.8) is 0 Å². The minimum absolute atomic E-state index is 0.492. The van der Waals surface area contributed by atoms with E-state index in [1.54, 1.807) is 17.5 Å². The highest BCUT2D eigenvalue weighted by Crippen LogP contribution is 2.37. The van der Waals surface area contributed by atoms with Crippen molar-refractivity contribution in [2.45, 2.75) is 13.8 Å². The molecule has 4 aromatic carbocycles. The largest absolute Gasteiger partial charge is 0.457 e. The summed E-state index contributed by atoms with van der Waals surface area (Å²) in [4.78, 5) is 8.78. The zero-order valence-corrected chi connectivity index (χ0v) is 24.0. The van der Waals surface area contributed by atoms with E-state index in [-0.39, 0.29) is 0 Å². The third kappa shape index (κ3) is 5.99. The van der Waals surface area contributed by atoms with Gasteiger partial charge in [-0.1, -0.05) is 54.0 Å². The molecule has 0 amide bonds. The van der Waals surface area contributed by atoms with Gasteiger partial charge in [-0.15, -0.1) is 11.3 Å². The van der Waals surface area contributed by atoms with Crippen LogP contribution in [0.3, 0.4) is 0 Å². The van der Waals surface area contributed by atoms with Crippen LogP contribution < -0.4 is 21.3 Å². The first kappa shape index (κ1) is 27.1. The number of benzene rings is 4. The van der Waals surface area contributed by atoms with E-state index in [0.29, 0.717) is 11.8 Å². The van der Waals surface area contributed by atoms with Crippen LogP contribution in [0.1, 0.15) is 11.1 Å². The van der Waals surface area contributed by atoms with Crippen LogP contribution in [0.25, 0.3) is 32.3 Å². The molecular formula is C34H27BN4O2S. The fourth-order valence-electron chi connectivity index (χ4n) is 4.67. The summed E-state index contributed by atoms with van der Waals surface area (Å²) in [6, 6.07) is 31.7. The van der Waals surface area contributed by atoms with E-state index in [2.05, 4.69) is 45.8 Å². The first-order valence-electron chi connectivity index (χ1n) is 13.4. The van der Waals surface area contributed by atoms with Crippen molar-refractivity contribution in [1.29, 1.82) is 0 Å². The van der Waals surface area contributed by atoms with Crippen LogP contribution in [0.2, 0.25) is 0 Å². The van der Waals surface area contributed by atoms with Crippen molar-refractivity contribution in [2.75, 3.05) is 11.1 Å². The van der Waals surface area contributed by atoms with E-state index in [4.69, 9.17) is 22.7 Å². The minimum Gasteiger partial charge on any atom is -0.457 e. The molecule has 0 saturated carbocycles. The molecule has 0 aliphatic rings. The molecule has 42 heavy (non-hydrogen) atoms. The normalized spacial score (nSPS) is 10.8.